The average molecular weight is 391 g/mol. The van der Waals surface area contributed by atoms with Gasteiger partial charge in [-0.3, -0.25) is 9.69 Å². The Morgan fingerprint density at radius 3 is 2.76 bits per heavy atom. The van der Waals surface area contributed by atoms with Crippen LogP contribution < -0.4 is 5.32 Å². The summed E-state index contributed by atoms with van der Waals surface area (Å²) in [5.41, 5.74) is 4.40. The summed E-state index contributed by atoms with van der Waals surface area (Å²) in [7, 11) is 0. The molecule has 5 nitrogen and oxygen atoms in total. The minimum atomic E-state index is -0.308. The topological polar surface area (TPSA) is 50.2 Å². The number of nitrogens with one attached hydrogen (secondary N) is 1. The van der Waals surface area contributed by atoms with Crippen molar-refractivity contribution in [3.63, 3.8) is 0 Å². The Morgan fingerprint density at radius 2 is 1.93 bits per heavy atom. The highest BCUT2D eigenvalue weighted by Gasteiger charge is 2.19. The van der Waals surface area contributed by atoms with Crippen molar-refractivity contribution in [1.82, 2.24) is 19.8 Å². The number of imidazole rings is 1. The summed E-state index contributed by atoms with van der Waals surface area (Å²) in [5.74, 6) is 0.774. The monoisotopic (exact) mass is 390 g/mol. The SMILES string of the molecule is C[C@H]1CCCN(Cc2ccccc2CNC(=O)[C@H](C)n2cnc3ccccc32)C1. The van der Waals surface area contributed by atoms with Crippen molar-refractivity contribution in [2.45, 2.75) is 45.8 Å². The highest BCUT2D eigenvalue weighted by Crippen LogP contribution is 2.20. The fourth-order valence-electron chi connectivity index (χ4n) is 4.30. The number of benzene rings is 2. The van der Waals surface area contributed by atoms with E-state index in [0.717, 1.165) is 36.6 Å². The molecule has 0 unspecified atom stereocenters. The van der Waals surface area contributed by atoms with Crippen LogP contribution in [0.5, 0.6) is 0 Å². The number of fused-ring (bicyclic) bond motifs is 1. The predicted octanol–water partition coefficient (Wildman–Crippen LogP) is 4.15. The summed E-state index contributed by atoms with van der Waals surface area (Å²) in [4.78, 5) is 19.8. The number of likely N-dealkylation sites (tertiary alicyclic amines) is 1. The molecule has 2 heterocycles. The number of nitrogens with zero attached hydrogens (tertiary/aromatic N) is 3. The lowest BCUT2D eigenvalue weighted by molar-refractivity contribution is -0.123. The molecule has 1 aliphatic rings. The van der Waals surface area contributed by atoms with E-state index in [1.54, 1.807) is 6.33 Å². The second kappa shape index (κ2) is 8.78. The van der Waals surface area contributed by atoms with Gasteiger partial charge in [0.1, 0.15) is 6.04 Å². The Labute approximate surface area is 172 Å². The summed E-state index contributed by atoms with van der Waals surface area (Å²) in [6.45, 7) is 8.08. The third kappa shape index (κ3) is 4.51. The van der Waals surface area contributed by atoms with Gasteiger partial charge in [-0.25, -0.2) is 4.98 Å². The maximum atomic E-state index is 12.8. The van der Waals surface area contributed by atoms with E-state index in [1.807, 2.05) is 35.8 Å². The molecule has 3 aromatic rings. The number of para-hydroxylation sites is 2. The van der Waals surface area contributed by atoms with Gasteiger partial charge in [0.2, 0.25) is 5.91 Å². The van der Waals surface area contributed by atoms with E-state index >= 15 is 0 Å². The van der Waals surface area contributed by atoms with Crippen LogP contribution in [0.1, 0.15) is 43.9 Å². The van der Waals surface area contributed by atoms with E-state index in [-0.39, 0.29) is 11.9 Å². The summed E-state index contributed by atoms with van der Waals surface area (Å²) in [6.07, 6.45) is 4.35. The van der Waals surface area contributed by atoms with Crippen molar-refractivity contribution in [2.75, 3.05) is 13.1 Å². The molecule has 4 rings (SSSR count). The first-order valence-electron chi connectivity index (χ1n) is 10.6. The zero-order valence-corrected chi connectivity index (χ0v) is 17.3. The lowest BCUT2D eigenvalue weighted by atomic mass is 9.99. The molecule has 1 amide bonds. The molecule has 0 saturated carbocycles. The fourth-order valence-corrected chi connectivity index (χ4v) is 4.30. The van der Waals surface area contributed by atoms with Crippen molar-refractivity contribution in [1.29, 1.82) is 0 Å². The number of carbonyl (C=O) groups is 1. The van der Waals surface area contributed by atoms with Crippen LogP contribution in [0.4, 0.5) is 0 Å². The van der Waals surface area contributed by atoms with Gasteiger partial charge < -0.3 is 9.88 Å². The highest BCUT2D eigenvalue weighted by atomic mass is 16.2. The molecule has 1 saturated heterocycles. The number of amides is 1. The number of hydrogen-bond acceptors (Lipinski definition) is 3. The Hall–Kier alpha value is -2.66. The van der Waals surface area contributed by atoms with Gasteiger partial charge in [0.25, 0.3) is 0 Å². The van der Waals surface area contributed by atoms with Crippen LogP contribution in [0.15, 0.2) is 54.9 Å². The molecule has 2 aromatic carbocycles. The van der Waals surface area contributed by atoms with E-state index in [4.69, 9.17) is 0 Å². The van der Waals surface area contributed by atoms with E-state index in [2.05, 4.69) is 46.4 Å². The molecule has 152 valence electrons. The first-order chi connectivity index (χ1) is 14.1. The van der Waals surface area contributed by atoms with Gasteiger partial charge in [0.05, 0.1) is 17.4 Å². The Morgan fingerprint density at radius 1 is 1.17 bits per heavy atom. The molecule has 29 heavy (non-hydrogen) atoms. The standard InChI is InChI=1S/C24H30N4O/c1-18-8-7-13-27(15-18)16-21-10-4-3-9-20(21)14-25-24(29)19(2)28-17-26-22-11-5-6-12-23(22)28/h3-6,9-12,17-19H,7-8,13-16H2,1-2H3,(H,25,29)/t18-,19-/m0/s1. The van der Waals surface area contributed by atoms with Gasteiger partial charge in [-0.05, 0) is 55.5 Å². The van der Waals surface area contributed by atoms with Crippen LogP contribution in [0.25, 0.3) is 11.0 Å². The van der Waals surface area contributed by atoms with Crippen LogP contribution in [-0.2, 0) is 17.9 Å². The fraction of sp³-hybridized carbons (Fsp3) is 0.417. The molecule has 1 fully saturated rings. The second-order valence-corrected chi connectivity index (χ2v) is 8.29. The molecule has 5 heteroatoms. The Balaban J connectivity index is 1.41. The molecule has 0 radical (unpaired) electrons. The van der Waals surface area contributed by atoms with Crippen LogP contribution in [0, 0.1) is 5.92 Å². The third-order valence-electron chi connectivity index (χ3n) is 5.98. The van der Waals surface area contributed by atoms with Crippen molar-refractivity contribution in [3.05, 3.63) is 66.0 Å². The summed E-state index contributed by atoms with van der Waals surface area (Å²) in [6, 6.07) is 16.1. The highest BCUT2D eigenvalue weighted by molar-refractivity contribution is 5.83. The van der Waals surface area contributed by atoms with Gasteiger partial charge in [-0.2, -0.15) is 0 Å². The molecule has 2 atom stereocenters. The predicted molar refractivity (Wildman–Crippen MR) is 116 cm³/mol. The quantitative estimate of drug-likeness (QED) is 0.688. The smallest absolute Gasteiger partial charge is 0.243 e. The minimum absolute atomic E-state index is 0.00884. The van der Waals surface area contributed by atoms with Gasteiger partial charge in [0.15, 0.2) is 0 Å². The Bertz CT molecular complexity index is 980. The first kappa shape index (κ1) is 19.6. The van der Waals surface area contributed by atoms with Gasteiger partial charge in [0, 0.05) is 19.6 Å². The number of rotatable bonds is 6. The van der Waals surface area contributed by atoms with E-state index < -0.39 is 0 Å². The van der Waals surface area contributed by atoms with E-state index in [9.17, 15) is 4.79 Å². The lowest BCUT2D eigenvalue weighted by Gasteiger charge is -2.31. The molecule has 1 aliphatic heterocycles. The summed E-state index contributed by atoms with van der Waals surface area (Å²) >= 11 is 0. The van der Waals surface area contributed by atoms with Crippen molar-refractivity contribution in [2.24, 2.45) is 5.92 Å². The normalized spacial score (nSPS) is 18.6. The number of carbonyl (C=O) groups excluding carboxylic acids is 1. The molecule has 0 aliphatic carbocycles. The zero-order valence-electron chi connectivity index (χ0n) is 17.3. The number of hydrogen-bond donors (Lipinski definition) is 1. The molecule has 1 N–H and O–H groups in total. The van der Waals surface area contributed by atoms with Crippen LogP contribution in [-0.4, -0.2) is 33.4 Å². The summed E-state index contributed by atoms with van der Waals surface area (Å²) < 4.78 is 1.94. The van der Waals surface area contributed by atoms with Crippen molar-refractivity contribution >= 4 is 16.9 Å². The van der Waals surface area contributed by atoms with Gasteiger partial charge >= 0.3 is 0 Å². The molecule has 1 aromatic heterocycles. The maximum Gasteiger partial charge on any atom is 0.243 e. The van der Waals surface area contributed by atoms with Gasteiger partial charge in [-0.15, -0.1) is 0 Å². The average Bonchev–Trinajstić information content (AvgIpc) is 3.16. The van der Waals surface area contributed by atoms with Crippen molar-refractivity contribution < 1.29 is 4.79 Å². The Kier molecular flexibility index (Phi) is 5.95. The number of piperidine rings is 1. The summed E-state index contributed by atoms with van der Waals surface area (Å²) in [5, 5.41) is 3.13. The van der Waals surface area contributed by atoms with Crippen LogP contribution >= 0.6 is 0 Å². The molecule has 0 spiro atoms. The zero-order chi connectivity index (χ0) is 20.2. The lowest BCUT2D eigenvalue weighted by Crippen LogP contribution is -2.34. The maximum absolute atomic E-state index is 12.8. The molecular formula is C24H30N4O. The number of aromatic nitrogens is 2. The van der Waals surface area contributed by atoms with Gasteiger partial charge in [-0.1, -0.05) is 43.3 Å². The van der Waals surface area contributed by atoms with E-state index in [1.165, 1.54) is 24.0 Å². The third-order valence-corrected chi connectivity index (χ3v) is 5.98. The van der Waals surface area contributed by atoms with Crippen molar-refractivity contribution in [3.8, 4) is 0 Å². The van der Waals surface area contributed by atoms with Crippen LogP contribution in [0.3, 0.4) is 0 Å². The minimum Gasteiger partial charge on any atom is -0.350 e. The molecular weight excluding hydrogens is 360 g/mol. The second-order valence-electron chi connectivity index (χ2n) is 8.29. The first-order valence-corrected chi connectivity index (χ1v) is 10.6. The largest absolute Gasteiger partial charge is 0.350 e. The van der Waals surface area contributed by atoms with E-state index in [0.29, 0.717) is 6.54 Å². The molecule has 0 bridgehead atoms. The van der Waals surface area contributed by atoms with Crippen LogP contribution in [0.2, 0.25) is 0 Å².